The molecule has 0 spiro atoms. The van der Waals surface area contributed by atoms with E-state index in [1.165, 1.54) is 0 Å². The molecule has 0 amide bonds. The van der Waals surface area contributed by atoms with Crippen LogP contribution >= 0.6 is 0 Å². The minimum atomic E-state index is -0.303. The van der Waals surface area contributed by atoms with Crippen LogP contribution in [-0.2, 0) is 0 Å². The topological polar surface area (TPSA) is 20.2 Å². The van der Waals surface area contributed by atoms with Crippen molar-refractivity contribution in [3.05, 3.63) is 28.6 Å². The van der Waals surface area contributed by atoms with Gasteiger partial charge in [-0.1, -0.05) is 0 Å². The second kappa shape index (κ2) is 2.53. The normalized spacial score (nSPS) is 10.2. The summed E-state index contributed by atoms with van der Waals surface area (Å²) in [4.78, 5) is 0. The first-order valence-electron chi connectivity index (χ1n) is 3.49. The summed E-state index contributed by atoms with van der Waals surface area (Å²) in [5, 5.41) is 9.17. The van der Waals surface area contributed by atoms with Gasteiger partial charge in [-0.3, -0.25) is 0 Å². The SMILES string of the molecule is Cc1cc(O)c(C)c(F)c1C. The number of benzene rings is 1. The zero-order chi connectivity index (χ0) is 8.59. The smallest absolute Gasteiger partial charge is 0.132 e. The number of hydrogen-bond donors (Lipinski definition) is 1. The molecule has 2 heteroatoms. The first-order chi connectivity index (χ1) is 5.04. The maximum Gasteiger partial charge on any atom is 0.132 e. The zero-order valence-electron chi connectivity index (χ0n) is 6.90. The maximum atomic E-state index is 13.1. The molecular formula is C9H11FO. The van der Waals surface area contributed by atoms with E-state index in [0.29, 0.717) is 11.1 Å². The Balaban J connectivity index is 3.46. The van der Waals surface area contributed by atoms with E-state index in [4.69, 9.17) is 5.11 Å². The average molecular weight is 154 g/mol. The molecule has 0 heterocycles. The molecule has 0 atom stereocenters. The van der Waals surface area contributed by atoms with E-state index in [0.717, 1.165) is 5.56 Å². The third-order valence-electron chi connectivity index (χ3n) is 1.99. The van der Waals surface area contributed by atoms with Crippen LogP contribution < -0.4 is 0 Å². The van der Waals surface area contributed by atoms with Crippen molar-refractivity contribution >= 4 is 0 Å². The highest BCUT2D eigenvalue weighted by Gasteiger charge is 2.08. The van der Waals surface area contributed by atoms with Crippen LogP contribution in [0, 0.1) is 26.6 Å². The van der Waals surface area contributed by atoms with Gasteiger partial charge in [-0.05, 0) is 38.0 Å². The van der Waals surface area contributed by atoms with Crippen molar-refractivity contribution in [1.29, 1.82) is 0 Å². The monoisotopic (exact) mass is 154 g/mol. The van der Waals surface area contributed by atoms with Gasteiger partial charge in [-0.2, -0.15) is 0 Å². The fourth-order valence-corrected chi connectivity index (χ4v) is 0.988. The van der Waals surface area contributed by atoms with E-state index in [-0.39, 0.29) is 11.6 Å². The second-order valence-corrected chi connectivity index (χ2v) is 2.78. The van der Waals surface area contributed by atoms with Crippen LogP contribution in [0.25, 0.3) is 0 Å². The van der Waals surface area contributed by atoms with E-state index >= 15 is 0 Å². The van der Waals surface area contributed by atoms with Crippen molar-refractivity contribution in [1.82, 2.24) is 0 Å². The van der Waals surface area contributed by atoms with Crippen molar-refractivity contribution in [2.75, 3.05) is 0 Å². The Labute approximate surface area is 65.5 Å². The van der Waals surface area contributed by atoms with E-state index in [2.05, 4.69) is 0 Å². The van der Waals surface area contributed by atoms with Crippen LogP contribution in [0.2, 0.25) is 0 Å². The highest BCUT2D eigenvalue weighted by atomic mass is 19.1. The molecule has 0 aromatic heterocycles. The van der Waals surface area contributed by atoms with Crippen LogP contribution in [0.3, 0.4) is 0 Å². The zero-order valence-corrected chi connectivity index (χ0v) is 6.90. The molecule has 1 rings (SSSR count). The Morgan fingerprint density at radius 3 is 2.27 bits per heavy atom. The van der Waals surface area contributed by atoms with Crippen molar-refractivity contribution in [2.45, 2.75) is 20.8 Å². The van der Waals surface area contributed by atoms with Crippen molar-refractivity contribution in [2.24, 2.45) is 0 Å². The molecule has 0 aliphatic rings. The van der Waals surface area contributed by atoms with Gasteiger partial charge in [0.2, 0.25) is 0 Å². The van der Waals surface area contributed by atoms with Crippen molar-refractivity contribution in [3.63, 3.8) is 0 Å². The largest absolute Gasteiger partial charge is 0.508 e. The van der Waals surface area contributed by atoms with Gasteiger partial charge in [-0.25, -0.2) is 4.39 Å². The van der Waals surface area contributed by atoms with E-state index in [9.17, 15) is 4.39 Å². The van der Waals surface area contributed by atoms with E-state index < -0.39 is 0 Å². The summed E-state index contributed by atoms with van der Waals surface area (Å²) in [5.41, 5.74) is 1.72. The number of rotatable bonds is 0. The van der Waals surface area contributed by atoms with Crippen LogP contribution in [0.5, 0.6) is 5.75 Å². The number of aromatic hydroxyl groups is 1. The minimum Gasteiger partial charge on any atom is -0.508 e. The average Bonchev–Trinajstić information content (AvgIpc) is 1.97. The van der Waals surface area contributed by atoms with Crippen molar-refractivity contribution in [3.8, 4) is 5.75 Å². The van der Waals surface area contributed by atoms with Crippen LogP contribution in [0.1, 0.15) is 16.7 Å². The van der Waals surface area contributed by atoms with Crippen LogP contribution in [0.15, 0.2) is 6.07 Å². The summed E-state index contributed by atoms with van der Waals surface area (Å²) in [6, 6.07) is 1.58. The molecule has 0 saturated heterocycles. The molecule has 1 aromatic rings. The Hall–Kier alpha value is -1.05. The highest BCUT2D eigenvalue weighted by molar-refractivity contribution is 5.41. The number of aryl methyl sites for hydroxylation is 1. The van der Waals surface area contributed by atoms with Gasteiger partial charge in [-0.15, -0.1) is 0 Å². The predicted molar refractivity (Wildman–Crippen MR) is 42.3 cm³/mol. The molecule has 1 aromatic carbocycles. The molecule has 1 nitrogen and oxygen atoms in total. The summed E-state index contributed by atoms with van der Waals surface area (Å²) in [5.74, 6) is -0.270. The fraction of sp³-hybridized carbons (Fsp3) is 0.333. The Morgan fingerprint density at radius 1 is 1.18 bits per heavy atom. The number of phenols is 1. The molecule has 0 bridgehead atoms. The number of hydrogen-bond acceptors (Lipinski definition) is 1. The first-order valence-corrected chi connectivity index (χ1v) is 3.49. The lowest BCUT2D eigenvalue weighted by atomic mass is 10.1. The molecule has 0 fully saturated rings. The third-order valence-corrected chi connectivity index (χ3v) is 1.99. The summed E-state index contributed by atoms with van der Waals surface area (Å²) in [6.07, 6.45) is 0. The standard InChI is InChI=1S/C9H11FO/c1-5-4-8(11)7(3)9(10)6(5)2/h4,11H,1-3H3. The van der Waals surface area contributed by atoms with Gasteiger partial charge in [0, 0.05) is 5.56 Å². The summed E-state index contributed by atoms with van der Waals surface area (Å²) < 4.78 is 13.1. The summed E-state index contributed by atoms with van der Waals surface area (Å²) in [6.45, 7) is 5.05. The van der Waals surface area contributed by atoms with Crippen LogP contribution in [0.4, 0.5) is 4.39 Å². The lowest BCUT2D eigenvalue weighted by Crippen LogP contribution is -1.91. The van der Waals surface area contributed by atoms with Crippen LogP contribution in [-0.4, -0.2) is 5.11 Å². The quantitative estimate of drug-likeness (QED) is 0.608. The molecule has 1 N–H and O–H groups in total. The van der Waals surface area contributed by atoms with Gasteiger partial charge in [0.25, 0.3) is 0 Å². The second-order valence-electron chi connectivity index (χ2n) is 2.78. The Bertz CT molecular complexity index is 266. The maximum absolute atomic E-state index is 13.1. The fourth-order valence-electron chi connectivity index (χ4n) is 0.988. The predicted octanol–water partition coefficient (Wildman–Crippen LogP) is 2.46. The molecule has 11 heavy (non-hydrogen) atoms. The highest BCUT2D eigenvalue weighted by Crippen LogP contribution is 2.24. The number of halogens is 1. The van der Waals surface area contributed by atoms with Gasteiger partial charge >= 0.3 is 0 Å². The van der Waals surface area contributed by atoms with Gasteiger partial charge in [0.05, 0.1) is 0 Å². The van der Waals surface area contributed by atoms with E-state index in [1.54, 1.807) is 26.8 Å². The molecule has 0 unspecified atom stereocenters. The molecule has 0 saturated carbocycles. The number of phenolic OH excluding ortho intramolecular Hbond substituents is 1. The first kappa shape index (κ1) is 8.05. The third kappa shape index (κ3) is 1.20. The van der Waals surface area contributed by atoms with Gasteiger partial charge in [0.15, 0.2) is 0 Å². The Morgan fingerprint density at radius 2 is 1.73 bits per heavy atom. The summed E-state index contributed by atoms with van der Waals surface area (Å²) >= 11 is 0. The molecular weight excluding hydrogens is 143 g/mol. The molecule has 0 aliphatic carbocycles. The van der Waals surface area contributed by atoms with E-state index in [1.807, 2.05) is 0 Å². The lowest BCUT2D eigenvalue weighted by molar-refractivity contribution is 0.461. The minimum absolute atomic E-state index is 0.0330. The molecule has 60 valence electrons. The van der Waals surface area contributed by atoms with Crippen molar-refractivity contribution < 1.29 is 9.50 Å². The van der Waals surface area contributed by atoms with Gasteiger partial charge < -0.3 is 5.11 Å². The molecule has 0 aliphatic heterocycles. The van der Waals surface area contributed by atoms with Gasteiger partial charge in [0.1, 0.15) is 11.6 Å². The Kier molecular flexibility index (Phi) is 1.85. The lowest BCUT2D eigenvalue weighted by Gasteiger charge is -2.06. The molecule has 0 radical (unpaired) electrons. The summed E-state index contributed by atoms with van der Waals surface area (Å²) in [7, 11) is 0.